The number of rotatable bonds is 4. The number of carbonyl (C=O) groups is 2. The number of carboxylic acid groups (broad SMARTS) is 1. The first kappa shape index (κ1) is 13.5. The molecule has 0 spiro atoms. The summed E-state index contributed by atoms with van der Waals surface area (Å²) in [7, 11) is 1.53. The molecule has 0 saturated heterocycles. The van der Waals surface area contributed by atoms with E-state index in [0.717, 1.165) is 0 Å². The predicted octanol–water partition coefficient (Wildman–Crippen LogP) is 2.01. The summed E-state index contributed by atoms with van der Waals surface area (Å²) in [6, 6.07) is 10.5. The van der Waals surface area contributed by atoms with E-state index in [2.05, 4.69) is 4.98 Å². The lowest BCUT2D eigenvalue weighted by Gasteiger charge is -2.05. The van der Waals surface area contributed by atoms with Gasteiger partial charge in [0.25, 0.3) is 0 Å². The fourth-order valence-electron chi connectivity index (χ4n) is 1.47. The van der Waals surface area contributed by atoms with E-state index in [1.54, 1.807) is 24.3 Å². The van der Waals surface area contributed by atoms with Crippen LogP contribution in [-0.4, -0.2) is 29.1 Å². The number of nitrogens with zero attached hydrogens (tertiary/aromatic N) is 1. The van der Waals surface area contributed by atoms with E-state index in [0.29, 0.717) is 11.5 Å². The average molecular weight is 273 g/mol. The highest BCUT2D eigenvalue weighted by atomic mass is 16.5. The maximum absolute atomic E-state index is 11.8. The molecule has 2 aromatic rings. The number of esters is 1. The number of ether oxygens (including phenoxy) is 2. The van der Waals surface area contributed by atoms with E-state index in [1.807, 2.05) is 0 Å². The van der Waals surface area contributed by atoms with Gasteiger partial charge >= 0.3 is 11.9 Å². The number of carboxylic acids is 1. The van der Waals surface area contributed by atoms with Crippen LogP contribution in [0.4, 0.5) is 0 Å². The van der Waals surface area contributed by atoms with Crippen molar-refractivity contribution in [2.24, 2.45) is 0 Å². The van der Waals surface area contributed by atoms with Crippen LogP contribution in [0.2, 0.25) is 0 Å². The summed E-state index contributed by atoms with van der Waals surface area (Å²) in [5, 5.41) is 8.81. The monoisotopic (exact) mass is 273 g/mol. The molecule has 0 aliphatic heterocycles. The molecule has 1 heterocycles. The van der Waals surface area contributed by atoms with Gasteiger partial charge in [-0.25, -0.2) is 14.6 Å². The highest BCUT2D eigenvalue weighted by Gasteiger charge is 2.13. The third kappa shape index (κ3) is 3.11. The number of methoxy groups -OCH3 is 1. The van der Waals surface area contributed by atoms with Gasteiger partial charge in [-0.3, -0.25) is 0 Å². The molecule has 1 aromatic carbocycles. The molecule has 0 fully saturated rings. The van der Waals surface area contributed by atoms with Crippen molar-refractivity contribution in [3.05, 3.63) is 53.9 Å². The van der Waals surface area contributed by atoms with Crippen LogP contribution >= 0.6 is 0 Å². The molecule has 6 nitrogen and oxygen atoms in total. The summed E-state index contributed by atoms with van der Waals surface area (Å²) < 4.78 is 10.1. The first-order chi connectivity index (χ1) is 9.60. The zero-order valence-corrected chi connectivity index (χ0v) is 10.6. The van der Waals surface area contributed by atoms with Gasteiger partial charge in [0.1, 0.15) is 22.9 Å². The average Bonchev–Trinajstić information content (AvgIpc) is 2.48. The molecular formula is C14H11NO5. The quantitative estimate of drug-likeness (QED) is 0.677. The van der Waals surface area contributed by atoms with Gasteiger partial charge in [-0.05, 0) is 36.4 Å². The first-order valence-corrected chi connectivity index (χ1v) is 5.67. The highest BCUT2D eigenvalue weighted by molar-refractivity contribution is 5.91. The summed E-state index contributed by atoms with van der Waals surface area (Å²) in [6.45, 7) is 0. The molecular weight excluding hydrogens is 262 g/mol. The number of pyridine rings is 1. The molecule has 1 N–H and O–H groups in total. The van der Waals surface area contributed by atoms with Crippen molar-refractivity contribution in [2.75, 3.05) is 7.11 Å². The molecule has 0 bridgehead atoms. The van der Waals surface area contributed by atoms with Gasteiger partial charge in [0.15, 0.2) is 0 Å². The molecule has 0 aliphatic carbocycles. The maximum atomic E-state index is 11.8. The third-order valence-electron chi connectivity index (χ3n) is 2.45. The molecule has 0 unspecified atom stereocenters. The number of carbonyl (C=O) groups excluding carboxylic acids is 1. The highest BCUT2D eigenvalue weighted by Crippen LogP contribution is 2.18. The fourth-order valence-corrected chi connectivity index (χ4v) is 1.47. The second-order valence-corrected chi connectivity index (χ2v) is 3.78. The van der Waals surface area contributed by atoms with E-state index in [4.69, 9.17) is 14.6 Å². The molecule has 0 saturated carbocycles. The Morgan fingerprint density at radius 2 is 1.60 bits per heavy atom. The summed E-state index contributed by atoms with van der Waals surface area (Å²) in [5.41, 5.74) is -0.283. The van der Waals surface area contributed by atoms with Crippen LogP contribution in [0.3, 0.4) is 0 Å². The van der Waals surface area contributed by atoms with Gasteiger partial charge < -0.3 is 14.6 Å². The van der Waals surface area contributed by atoms with Gasteiger partial charge in [0, 0.05) is 0 Å². The van der Waals surface area contributed by atoms with Crippen LogP contribution < -0.4 is 9.47 Å². The van der Waals surface area contributed by atoms with Crippen LogP contribution in [0.1, 0.15) is 21.0 Å². The van der Waals surface area contributed by atoms with Crippen LogP contribution in [0.25, 0.3) is 0 Å². The third-order valence-corrected chi connectivity index (χ3v) is 2.45. The van der Waals surface area contributed by atoms with Crippen LogP contribution in [0, 0.1) is 0 Å². The van der Waals surface area contributed by atoms with E-state index in [1.165, 1.54) is 25.3 Å². The standard InChI is InChI=1S/C14H11NO5/c1-19-9-5-7-10(8-6-9)20-14(18)12-4-2-3-11(15-12)13(16)17/h2-8H,1H3,(H,16,17). The van der Waals surface area contributed by atoms with Gasteiger partial charge in [0.05, 0.1) is 7.11 Å². The van der Waals surface area contributed by atoms with Crippen molar-refractivity contribution < 1.29 is 24.2 Å². The minimum absolute atomic E-state index is 0.0688. The second kappa shape index (κ2) is 5.83. The van der Waals surface area contributed by atoms with Crippen molar-refractivity contribution in [2.45, 2.75) is 0 Å². The Balaban J connectivity index is 2.14. The van der Waals surface area contributed by atoms with E-state index < -0.39 is 11.9 Å². The number of benzene rings is 1. The fraction of sp³-hybridized carbons (Fsp3) is 0.0714. The van der Waals surface area contributed by atoms with Gasteiger partial charge in [-0.15, -0.1) is 0 Å². The van der Waals surface area contributed by atoms with Crippen molar-refractivity contribution in [1.29, 1.82) is 0 Å². The Morgan fingerprint density at radius 1 is 1.00 bits per heavy atom. The van der Waals surface area contributed by atoms with Crippen molar-refractivity contribution in [3.63, 3.8) is 0 Å². The molecule has 2 rings (SSSR count). The van der Waals surface area contributed by atoms with Crippen molar-refractivity contribution in [3.8, 4) is 11.5 Å². The Morgan fingerprint density at radius 3 is 2.20 bits per heavy atom. The van der Waals surface area contributed by atoms with E-state index >= 15 is 0 Å². The lowest BCUT2D eigenvalue weighted by atomic mass is 10.3. The van der Waals surface area contributed by atoms with Crippen LogP contribution in [0.5, 0.6) is 11.5 Å². The zero-order chi connectivity index (χ0) is 14.5. The maximum Gasteiger partial charge on any atom is 0.362 e. The molecule has 6 heteroatoms. The topological polar surface area (TPSA) is 85.7 Å². The second-order valence-electron chi connectivity index (χ2n) is 3.78. The molecule has 102 valence electrons. The van der Waals surface area contributed by atoms with E-state index in [9.17, 15) is 9.59 Å². The lowest BCUT2D eigenvalue weighted by Crippen LogP contribution is -2.13. The first-order valence-electron chi connectivity index (χ1n) is 5.67. The normalized spacial score (nSPS) is 9.85. The smallest absolute Gasteiger partial charge is 0.362 e. The molecule has 1 aromatic heterocycles. The zero-order valence-electron chi connectivity index (χ0n) is 10.6. The Kier molecular flexibility index (Phi) is 3.95. The summed E-state index contributed by atoms with van der Waals surface area (Å²) >= 11 is 0. The number of hydrogen-bond donors (Lipinski definition) is 1. The lowest BCUT2D eigenvalue weighted by molar-refractivity contribution is 0.0689. The van der Waals surface area contributed by atoms with Gasteiger partial charge in [-0.1, -0.05) is 6.07 Å². The van der Waals surface area contributed by atoms with Gasteiger partial charge in [-0.2, -0.15) is 0 Å². The van der Waals surface area contributed by atoms with Crippen LogP contribution in [0.15, 0.2) is 42.5 Å². The molecule has 0 radical (unpaired) electrons. The number of hydrogen-bond acceptors (Lipinski definition) is 5. The SMILES string of the molecule is COc1ccc(OC(=O)c2cccc(C(=O)O)n2)cc1. The Labute approximate surface area is 114 Å². The number of aromatic carboxylic acids is 1. The molecule has 20 heavy (non-hydrogen) atoms. The van der Waals surface area contributed by atoms with Crippen LogP contribution in [-0.2, 0) is 0 Å². The summed E-state index contributed by atoms with van der Waals surface area (Å²) in [4.78, 5) is 26.3. The van der Waals surface area contributed by atoms with Crippen molar-refractivity contribution >= 4 is 11.9 Å². The summed E-state index contributed by atoms with van der Waals surface area (Å²) in [6.07, 6.45) is 0. The minimum Gasteiger partial charge on any atom is -0.497 e. The molecule has 0 amide bonds. The van der Waals surface area contributed by atoms with E-state index in [-0.39, 0.29) is 11.4 Å². The Hall–Kier alpha value is -2.89. The Bertz CT molecular complexity index is 636. The molecule has 0 atom stereocenters. The predicted molar refractivity (Wildman–Crippen MR) is 69.1 cm³/mol. The molecule has 0 aliphatic rings. The summed E-state index contributed by atoms with van der Waals surface area (Å²) in [5.74, 6) is -0.975. The largest absolute Gasteiger partial charge is 0.497 e. The number of aromatic nitrogens is 1. The van der Waals surface area contributed by atoms with Crippen molar-refractivity contribution in [1.82, 2.24) is 4.98 Å². The minimum atomic E-state index is -1.20. The van der Waals surface area contributed by atoms with Gasteiger partial charge in [0.2, 0.25) is 0 Å².